The van der Waals surface area contributed by atoms with Gasteiger partial charge in [0.25, 0.3) is 0 Å². The highest BCUT2D eigenvalue weighted by Crippen LogP contribution is 2.27. The minimum absolute atomic E-state index is 0.0476. The summed E-state index contributed by atoms with van der Waals surface area (Å²) >= 11 is 6.09. The van der Waals surface area contributed by atoms with Gasteiger partial charge in [0.15, 0.2) is 0 Å². The fourth-order valence-electron chi connectivity index (χ4n) is 1.40. The Balaban J connectivity index is 3.25. The maximum Gasteiger partial charge on any atom is 0.137 e. The first-order valence-corrected chi connectivity index (χ1v) is 6.09. The third-order valence-corrected chi connectivity index (χ3v) is 3.40. The number of aliphatic hydroxyl groups is 1. The maximum absolute atomic E-state index is 9.39. The molecule has 5 heteroatoms. The van der Waals surface area contributed by atoms with Gasteiger partial charge >= 0.3 is 0 Å². The van der Waals surface area contributed by atoms with Gasteiger partial charge in [0, 0.05) is 19.0 Å². The molecule has 0 aliphatic rings. The lowest BCUT2D eigenvalue weighted by atomic mass is 10.0. The Hall–Kier alpha value is -0.870. The molecule has 1 N–H and O–H groups in total. The van der Waals surface area contributed by atoms with Gasteiger partial charge in [0.2, 0.25) is 0 Å². The summed E-state index contributed by atoms with van der Waals surface area (Å²) in [7, 11) is 1.90. The van der Waals surface area contributed by atoms with Crippen molar-refractivity contribution in [2.75, 3.05) is 18.6 Å². The lowest BCUT2D eigenvalue weighted by Crippen LogP contribution is -2.45. The molecule has 17 heavy (non-hydrogen) atoms. The Bertz CT molecular complexity index is 407. The molecular formula is C12H20ClN3O. The highest BCUT2D eigenvalue weighted by Gasteiger charge is 2.26. The second-order valence-electron chi connectivity index (χ2n) is 4.76. The Morgan fingerprint density at radius 2 is 1.94 bits per heavy atom. The first-order chi connectivity index (χ1) is 7.83. The minimum Gasteiger partial charge on any atom is -0.394 e. The Kier molecular flexibility index (Phi) is 4.33. The van der Waals surface area contributed by atoms with Crippen LogP contribution >= 0.6 is 11.6 Å². The predicted molar refractivity (Wildman–Crippen MR) is 70.7 cm³/mol. The SMILES string of the molecule is CCc1nc(Cl)c(C)c(N(C)C(C)(C)CO)n1. The fraction of sp³-hybridized carbons (Fsp3) is 0.667. The van der Waals surface area contributed by atoms with Crippen LogP contribution in [0.25, 0.3) is 0 Å². The van der Waals surface area contributed by atoms with Crippen LogP contribution in [-0.2, 0) is 6.42 Å². The second-order valence-corrected chi connectivity index (χ2v) is 5.12. The van der Waals surface area contributed by atoms with Crippen molar-refractivity contribution < 1.29 is 5.11 Å². The maximum atomic E-state index is 9.39. The Morgan fingerprint density at radius 3 is 2.41 bits per heavy atom. The number of rotatable bonds is 4. The van der Waals surface area contributed by atoms with Crippen LogP contribution in [0.3, 0.4) is 0 Å². The summed E-state index contributed by atoms with van der Waals surface area (Å²) in [5, 5.41) is 9.87. The Morgan fingerprint density at radius 1 is 1.35 bits per heavy atom. The van der Waals surface area contributed by atoms with Crippen molar-refractivity contribution in [2.45, 2.75) is 39.7 Å². The van der Waals surface area contributed by atoms with E-state index in [1.165, 1.54) is 0 Å². The number of aromatic nitrogens is 2. The highest BCUT2D eigenvalue weighted by atomic mass is 35.5. The van der Waals surface area contributed by atoms with Crippen LogP contribution in [0.15, 0.2) is 0 Å². The fourth-order valence-corrected chi connectivity index (χ4v) is 1.58. The zero-order valence-electron chi connectivity index (χ0n) is 11.1. The molecule has 0 saturated heterocycles. The summed E-state index contributed by atoms with van der Waals surface area (Å²) in [6.07, 6.45) is 0.737. The number of hydrogen-bond donors (Lipinski definition) is 1. The average Bonchev–Trinajstić information content (AvgIpc) is 2.31. The van der Waals surface area contributed by atoms with E-state index >= 15 is 0 Å². The van der Waals surface area contributed by atoms with Crippen LogP contribution < -0.4 is 4.90 Å². The molecule has 0 aliphatic carbocycles. The van der Waals surface area contributed by atoms with Gasteiger partial charge in [-0.05, 0) is 20.8 Å². The molecule has 0 amide bonds. The summed E-state index contributed by atoms with van der Waals surface area (Å²) in [6.45, 7) is 7.83. The van der Waals surface area contributed by atoms with Gasteiger partial charge < -0.3 is 10.0 Å². The summed E-state index contributed by atoms with van der Waals surface area (Å²) < 4.78 is 0. The molecule has 0 atom stereocenters. The predicted octanol–water partition coefficient (Wildman–Crippen LogP) is 2.21. The van der Waals surface area contributed by atoms with Crippen LogP contribution in [0.4, 0.5) is 5.82 Å². The van der Waals surface area contributed by atoms with E-state index in [0.29, 0.717) is 5.15 Å². The van der Waals surface area contributed by atoms with Crippen LogP contribution in [0.1, 0.15) is 32.2 Å². The van der Waals surface area contributed by atoms with E-state index in [9.17, 15) is 5.11 Å². The van der Waals surface area contributed by atoms with E-state index in [1.807, 2.05) is 39.6 Å². The molecule has 0 unspecified atom stereocenters. The molecule has 0 fully saturated rings. The van der Waals surface area contributed by atoms with Gasteiger partial charge in [-0.25, -0.2) is 9.97 Å². The molecule has 4 nitrogen and oxygen atoms in total. The number of aliphatic hydroxyl groups excluding tert-OH is 1. The molecule has 0 bridgehead atoms. The first kappa shape index (κ1) is 14.2. The van der Waals surface area contributed by atoms with Crippen LogP contribution in [-0.4, -0.2) is 34.3 Å². The number of aryl methyl sites for hydroxylation is 1. The smallest absolute Gasteiger partial charge is 0.137 e. The number of hydrogen-bond acceptors (Lipinski definition) is 4. The lowest BCUT2D eigenvalue weighted by Gasteiger charge is -2.35. The zero-order chi connectivity index (χ0) is 13.2. The highest BCUT2D eigenvalue weighted by molar-refractivity contribution is 6.30. The van der Waals surface area contributed by atoms with Crippen molar-refractivity contribution in [3.05, 3.63) is 16.5 Å². The molecule has 0 saturated carbocycles. The molecule has 0 aliphatic heterocycles. The normalized spacial score (nSPS) is 11.7. The minimum atomic E-state index is -0.381. The van der Waals surface area contributed by atoms with E-state index in [1.54, 1.807) is 0 Å². The van der Waals surface area contributed by atoms with Crippen LogP contribution in [0.2, 0.25) is 5.15 Å². The van der Waals surface area contributed by atoms with Crippen molar-refractivity contribution in [2.24, 2.45) is 0 Å². The third-order valence-electron chi connectivity index (χ3n) is 3.04. The van der Waals surface area contributed by atoms with Crippen molar-refractivity contribution >= 4 is 17.4 Å². The first-order valence-electron chi connectivity index (χ1n) is 5.71. The largest absolute Gasteiger partial charge is 0.394 e. The van der Waals surface area contributed by atoms with Crippen molar-refractivity contribution in [3.63, 3.8) is 0 Å². The number of likely N-dealkylation sites (N-methyl/N-ethyl adjacent to an activating group) is 1. The number of nitrogens with zero attached hydrogens (tertiary/aromatic N) is 3. The van der Waals surface area contributed by atoms with Gasteiger partial charge in [0.1, 0.15) is 16.8 Å². The summed E-state index contributed by atoms with van der Waals surface area (Å²) in [4.78, 5) is 10.6. The molecule has 0 aromatic carbocycles. The molecular weight excluding hydrogens is 238 g/mol. The van der Waals surface area contributed by atoms with E-state index in [2.05, 4.69) is 9.97 Å². The standard InChI is InChI=1S/C12H20ClN3O/c1-6-9-14-10(13)8(2)11(15-9)16(5)12(3,4)7-17/h17H,6-7H2,1-5H3. The van der Waals surface area contributed by atoms with Crippen molar-refractivity contribution in [3.8, 4) is 0 Å². The molecule has 1 heterocycles. The van der Waals surface area contributed by atoms with Gasteiger partial charge in [-0.2, -0.15) is 0 Å². The second kappa shape index (κ2) is 5.19. The molecule has 0 spiro atoms. The van der Waals surface area contributed by atoms with E-state index < -0.39 is 0 Å². The molecule has 96 valence electrons. The summed E-state index contributed by atoms with van der Waals surface area (Å²) in [5.74, 6) is 1.50. The van der Waals surface area contributed by atoms with E-state index in [-0.39, 0.29) is 12.1 Å². The quantitative estimate of drug-likeness (QED) is 0.841. The van der Waals surface area contributed by atoms with Crippen molar-refractivity contribution in [1.82, 2.24) is 9.97 Å². The lowest BCUT2D eigenvalue weighted by molar-refractivity contribution is 0.215. The van der Waals surface area contributed by atoms with Crippen LogP contribution in [0.5, 0.6) is 0 Å². The topological polar surface area (TPSA) is 49.2 Å². The van der Waals surface area contributed by atoms with E-state index in [0.717, 1.165) is 23.6 Å². The summed E-state index contributed by atoms with van der Waals surface area (Å²) in [5.41, 5.74) is 0.459. The molecule has 0 radical (unpaired) electrons. The van der Waals surface area contributed by atoms with E-state index in [4.69, 9.17) is 11.6 Å². The van der Waals surface area contributed by atoms with Crippen LogP contribution in [0, 0.1) is 6.92 Å². The number of halogens is 1. The van der Waals surface area contributed by atoms with Gasteiger partial charge in [0.05, 0.1) is 12.1 Å². The third kappa shape index (κ3) is 2.87. The molecule has 1 rings (SSSR count). The van der Waals surface area contributed by atoms with Gasteiger partial charge in [-0.15, -0.1) is 0 Å². The van der Waals surface area contributed by atoms with Gasteiger partial charge in [-0.3, -0.25) is 0 Å². The molecule has 1 aromatic heterocycles. The molecule has 1 aromatic rings. The number of anilines is 1. The average molecular weight is 258 g/mol. The van der Waals surface area contributed by atoms with Gasteiger partial charge in [-0.1, -0.05) is 18.5 Å². The van der Waals surface area contributed by atoms with Crippen molar-refractivity contribution in [1.29, 1.82) is 0 Å². The zero-order valence-corrected chi connectivity index (χ0v) is 11.8. The Labute approximate surface area is 108 Å². The summed E-state index contributed by atoms with van der Waals surface area (Å²) in [6, 6.07) is 0. The monoisotopic (exact) mass is 257 g/mol.